The maximum Gasteiger partial charge on any atom is 0.0954 e. The van der Waals surface area contributed by atoms with Crippen molar-refractivity contribution in [3.05, 3.63) is 17.7 Å². The van der Waals surface area contributed by atoms with Gasteiger partial charge >= 0.3 is 0 Å². The smallest absolute Gasteiger partial charge is 0.0954 e. The van der Waals surface area contributed by atoms with Crippen molar-refractivity contribution in [2.75, 3.05) is 0 Å². The first-order valence-corrected chi connectivity index (χ1v) is 7.35. The van der Waals surface area contributed by atoms with Gasteiger partial charge in [0.25, 0.3) is 0 Å². The van der Waals surface area contributed by atoms with Crippen LogP contribution in [0.25, 0.3) is 0 Å². The van der Waals surface area contributed by atoms with Crippen LogP contribution in [0.5, 0.6) is 0 Å². The highest BCUT2D eigenvalue weighted by molar-refractivity contribution is 5.20. The second kappa shape index (κ2) is 4.37. The molecule has 1 aromatic heterocycles. The maximum atomic E-state index is 6.13. The van der Waals surface area contributed by atoms with E-state index in [9.17, 15) is 0 Å². The van der Waals surface area contributed by atoms with Gasteiger partial charge in [-0.15, -0.1) is 0 Å². The molecule has 1 saturated carbocycles. The fraction of sp³-hybridized carbons (Fsp3) is 0.800. The second-order valence-corrected chi connectivity index (χ2v) is 6.97. The van der Waals surface area contributed by atoms with E-state index in [0.717, 1.165) is 12.8 Å². The van der Waals surface area contributed by atoms with Crippen LogP contribution in [0.3, 0.4) is 0 Å². The molecule has 0 amide bonds. The van der Waals surface area contributed by atoms with Gasteiger partial charge < -0.3 is 10.3 Å². The standard InChI is InChI=1S/C15H25N3/c1-15(2)7-6-13-14(9-15)18(10-17-13)12-5-3-4-11(16)8-12/h10-12H,3-9,16H2,1-2H3. The molecule has 3 heteroatoms. The molecule has 0 aliphatic heterocycles. The summed E-state index contributed by atoms with van der Waals surface area (Å²) in [7, 11) is 0. The average Bonchev–Trinajstić information content (AvgIpc) is 2.70. The van der Waals surface area contributed by atoms with Gasteiger partial charge in [0.05, 0.1) is 12.0 Å². The Morgan fingerprint density at radius 3 is 3.00 bits per heavy atom. The van der Waals surface area contributed by atoms with Gasteiger partial charge in [-0.3, -0.25) is 0 Å². The van der Waals surface area contributed by atoms with Crippen LogP contribution in [-0.4, -0.2) is 15.6 Å². The zero-order valence-corrected chi connectivity index (χ0v) is 11.7. The third-order valence-corrected chi connectivity index (χ3v) is 4.75. The van der Waals surface area contributed by atoms with E-state index in [1.807, 2.05) is 0 Å². The number of rotatable bonds is 1. The van der Waals surface area contributed by atoms with Crippen LogP contribution in [0.2, 0.25) is 0 Å². The molecule has 0 radical (unpaired) electrons. The highest BCUT2D eigenvalue weighted by Crippen LogP contribution is 2.37. The van der Waals surface area contributed by atoms with Crippen molar-refractivity contribution in [1.29, 1.82) is 0 Å². The van der Waals surface area contributed by atoms with Gasteiger partial charge in [0.1, 0.15) is 0 Å². The van der Waals surface area contributed by atoms with Crippen molar-refractivity contribution >= 4 is 0 Å². The van der Waals surface area contributed by atoms with Crippen LogP contribution in [0, 0.1) is 5.41 Å². The topological polar surface area (TPSA) is 43.8 Å². The Hall–Kier alpha value is -0.830. The lowest BCUT2D eigenvalue weighted by Gasteiger charge is -2.33. The van der Waals surface area contributed by atoms with E-state index in [0.29, 0.717) is 17.5 Å². The highest BCUT2D eigenvalue weighted by atomic mass is 15.1. The van der Waals surface area contributed by atoms with Gasteiger partial charge in [-0.05, 0) is 50.4 Å². The molecule has 2 N–H and O–H groups in total. The summed E-state index contributed by atoms with van der Waals surface area (Å²) in [6, 6.07) is 0.984. The van der Waals surface area contributed by atoms with Crippen LogP contribution in [-0.2, 0) is 12.8 Å². The monoisotopic (exact) mass is 247 g/mol. The lowest BCUT2D eigenvalue weighted by molar-refractivity contribution is 0.278. The van der Waals surface area contributed by atoms with E-state index < -0.39 is 0 Å². The SMILES string of the molecule is CC1(C)CCc2ncn(C3CCCC(N)C3)c2C1. The number of aryl methyl sites for hydroxylation is 1. The largest absolute Gasteiger partial charge is 0.331 e. The molecule has 1 fully saturated rings. The van der Waals surface area contributed by atoms with Gasteiger partial charge in [-0.25, -0.2) is 4.98 Å². The van der Waals surface area contributed by atoms with Crippen LogP contribution in [0.15, 0.2) is 6.33 Å². The van der Waals surface area contributed by atoms with E-state index in [1.54, 1.807) is 0 Å². The van der Waals surface area contributed by atoms with Crippen LogP contribution < -0.4 is 5.73 Å². The third-order valence-electron chi connectivity index (χ3n) is 4.75. The third kappa shape index (κ3) is 2.20. The molecule has 2 atom stereocenters. The molecule has 0 saturated heterocycles. The van der Waals surface area contributed by atoms with Gasteiger partial charge in [-0.2, -0.15) is 0 Å². The molecule has 2 unspecified atom stereocenters. The predicted molar refractivity (Wildman–Crippen MR) is 73.5 cm³/mol. The minimum atomic E-state index is 0.387. The highest BCUT2D eigenvalue weighted by Gasteiger charge is 2.31. The summed E-state index contributed by atoms with van der Waals surface area (Å²) in [5, 5.41) is 0. The van der Waals surface area contributed by atoms with Gasteiger partial charge in [0.2, 0.25) is 0 Å². The van der Waals surface area contributed by atoms with E-state index in [1.165, 1.54) is 43.5 Å². The predicted octanol–water partition coefficient (Wildman–Crippen LogP) is 2.84. The van der Waals surface area contributed by atoms with E-state index in [-0.39, 0.29) is 0 Å². The zero-order chi connectivity index (χ0) is 12.8. The maximum absolute atomic E-state index is 6.13. The molecular formula is C15H25N3. The van der Waals surface area contributed by atoms with Crippen molar-refractivity contribution in [1.82, 2.24) is 9.55 Å². The molecule has 1 heterocycles. The summed E-state index contributed by atoms with van der Waals surface area (Å²) in [5.74, 6) is 0. The lowest BCUT2D eigenvalue weighted by Crippen LogP contribution is -2.31. The van der Waals surface area contributed by atoms with Crippen LogP contribution in [0.4, 0.5) is 0 Å². The Kier molecular flexibility index (Phi) is 2.97. The summed E-state index contributed by atoms with van der Waals surface area (Å²) >= 11 is 0. The van der Waals surface area contributed by atoms with Crippen LogP contribution in [0.1, 0.15) is 63.4 Å². The average molecular weight is 247 g/mol. The number of nitrogens with zero attached hydrogens (tertiary/aromatic N) is 2. The second-order valence-electron chi connectivity index (χ2n) is 6.97. The fourth-order valence-corrected chi connectivity index (χ4v) is 3.59. The number of aromatic nitrogens is 2. The molecule has 18 heavy (non-hydrogen) atoms. The molecule has 1 aromatic rings. The summed E-state index contributed by atoms with van der Waals surface area (Å²) in [6.45, 7) is 4.75. The Morgan fingerprint density at radius 1 is 1.39 bits per heavy atom. The zero-order valence-electron chi connectivity index (χ0n) is 11.7. The lowest BCUT2D eigenvalue weighted by atomic mass is 9.77. The molecular weight excluding hydrogens is 222 g/mol. The van der Waals surface area contributed by atoms with Crippen molar-refractivity contribution in [3.8, 4) is 0 Å². The molecule has 0 aromatic carbocycles. The number of imidazole rings is 1. The quantitative estimate of drug-likeness (QED) is 0.829. The first-order valence-electron chi connectivity index (χ1n) is 7.35. The van der Waals surface area contributed by atoms with E-state index in [4.69, 9.17) is 5.73 Å². The molecule has 0 bridgehead atoms. The molecule has 3 nitrogen and oxygen atoms in total. The van der Waals surface area contributed by atoms with Crippen molar-refractivity contribution in [3.63, 3.8) is 0 Å². The van der Waals surface area contributed by atoms with Crippen LogP contribution >= 0.6 is 0 Å². The van der Waals surface area contributed by atoms with Gasteiger partial charge in [0.15, 0.2) is 0 Å². The van der Waals surface area contributed by atoms with Crippen molar-refractivity contribution in [2.24, 2.45) is 11.1 Å². The number of fused-ring (bicyclic) bond motifs is 1. The minimum Gasteiger partial charge on any atom is -0.331 e. The van der Waals surface area contributed by atoms with Gasteiger partial charge in [0, 0.05) is 17.8 Å². The molecule has 100 valence electrons. The molecule has 2 aliphatic rings. The summed E-state index contributed by atoms with van der Waals surface area (Å²) in [6.07, 6.45) is 10.5. The van der Waals surface area contributed by atoms with E-state index in [2.05, 4.69) is 29.7 Å². The number of nitrogens with two attached hydrogens (primary N) is 1. The summed E-state index contributed by atoms with van der Waals surface area (Å²) < 4.78 is 2.45. The number of hydrogen-bond acceptors (Lipinski definition) is 2. The number of hydrogen-bond donors (Lipinski definition) is 1. The normalized spacial score (nSPS) is 31.1. The summed E-state index contributed by atoms with van der Waals surface area (Å²) in [4.78, 5) is 4.64. The summed E-state index contributed by atoms with van der Waals surface area (Å²) in [5.41, 5.74) is 9.39. The van der Waals surface area contributed by atoms with E-state index >= 15 is 0 Å². The molecule has 0 spiro atoms. The Labute approximate surface area is 110 Å². The van der Waals surface area contributed by atoms with Crippen molar-refractivity contribution < 1.29 is 0 Å². The fourth-order valence-electron chi connectivity index (χ4n) is 3.59. The molecule has 3 rings (SSSR count). The Bertz CT molecular complexity index is 433. The Morgan fingerprint density at radius 2 is 2.22 bits per heavy atom. The minimum absolute atomic E-state index is 0.387. The van der Waals surface area contributed by atoms with Crippen molar-refractivity contribution in [2.45, 2.75) is 70.9 Å². The molecule has 2 aliphatic carbocycles. The van der Waals surface area contributed by atoms with Gasteiger partial charge in [-0.1, -0.05) is 13.8 Å². The first-order chi connectivity index (χ1) is 8.55. The Balaban J connectivity index is 1.87. The first kappa shape index (κ1) is 12.2.